The Morgan fingerprint density at radius 1 is 1.44 bits per heavy atom. The van der Waals surface area contributed by atoms with Gasteiger partial charge in [0.25, 0.3) is 0 Å². The third-order valence-electron chi connectivity index (χ3n) is 2.32. The van der Waals surface area contributed by atoms with Gasteiger partial charge in [-0.1, -0.05) is 0 Å². The summed E-state index contributed by atoms with van der Waals surface area (Å²) < 4.78 is 1.56. The Kier molecular flexibility index (Phi) is 3.57. The van der Waals surface area contributed by atoms with E-state index in [0.717, 1.165) is 0 Å². The van der Waals surface area contributed by atoms with Gasteiger partial charge in [0, 0.05) is 25.5 Å². The quantitative estimate of drug-likeness (QED) is 0.853. The van der Waals surface area contributed by atoms with E-state index in [1.165, 1.54) is 0 Å². The Morgan fingerprint density at radius 2 is 2.22 bits per heavy atom. The molecule has 2 heterocycles. The second-order valence-electron chi connectivity index (χ2n) is 3.73. The largest absolute Gasteiger partial charge is 0.310 e. The predicted molar refractivity (Wildman–Crippen MR) is 68.2 cm³/mol. The highest BCUT2D eigenvalue weighted by Crippen LogP contribution is 2.18. The minimum Gasteiger partial charge on any atom is -0.310 e. The van der Waals surface area contributed by atoms with Gasteiger partial charge >= 0.3 is 0 Å². The van der Waals surface area contributed by atoms with Crippen molar-refractivity contribution in [3.8, 4) is 11.4 Å². The zero-order valence-corrected chi connectivity index (χ0v) is 10.7. The second-order valence-corrected chi connectivity index (χ2v) is 4.39. The van der Waals surface area contributed by atoms with E-state index in [4.69, 9.17) is 11.6 Å². The molecule has 1 unspecified atom stereocenters. The molecule has 2 rings (SSSR count). The fourth-order valence-corrected chi connectivity index (χ4v) is 1.42. The monoisotopic (exact) mass is 265 g/mol. The molecule has 1 amide bonds. The van der Waals surface area contributed by atoms with Crippen molar-refractivity contribution in [2.45, 2.75) is 12.3 Å². The fraction of sp³-hybridized carbons (Fsp3) is 0.273. The van der Waals surface area contributed by atoms with Crippen molar-refractivity contribution >= 4 is 23.3 Å². The van der Waals surface area contributed by atoms with E-state index in [9.17, 15) is 4.79 Å². The predicted octanol–water partition coefficient (Wildman–Crippen LogP) is 1.44. The summed E-state index contributed by atoms with van der Waals surface area (Å²) in [4.78, 5) is 19.6. The zero-order valence-electron chi connectivity index (χ0n) is 9.96. The lowest BCUT2D eigenvalue weighted by Crippen LogP contribution is -2.21. The number of nitrogens with zero attached hydrogens (tertiary/aromatic N) is 4. The van der Waals surface area contributed by atoms with Crippen LogP contribution >= 0.6 is 11.6 Å². The molecule has 94 valence electrons. The number of hydrogen-bond donors (Lipinski definition) is 1. The molecule has 0 aliphatic carbocycles. The molecule has 0 saturated carbocycles. The van der Waals surface area contributed by atoms with Crippen LogP contribution in [-0.4, -0.2) is 31.0 Å². The number of halogens is 1. The number of aryl methyl sites for hydroxylation is 1. The van der Waals surface area contributed by atoms with Crippen molar-refractivity contribution in [3.63, 3.8) is 0 Å². The molecule has 18 heavy (non-hydrogen) atoms. The molecule has 0 spiro atoms. The number of aromatic nitrogens is 4. The summed E-state index contributed by atoms with van der Waals surface area (Å²) >= 11 is 5.69. The molecular formula is C11H12ClN5O. The Balaban J connectivity index is 2.25. The van der Waals surface area contributed by atoms with Gasteiger partial charge in [0.05, 0.1) is 6.20 Å². The van der Waals surface area contributed by atoms with Crippen molar-refractivity contribution in [1.82, 2.24) is 19.7 Å². The molecule has 0 radical (unpaired) electrons. The highest BCUT2D eigenvalue weighted by Gasteiger charge is 2.13. The molecule has 0 aromatic carbocycles. The van der Waals surface area contributed by atoms with Gasteiger partial charge in [-0.15, -0.1) is 11.6 Å². The van der Waals surface area contributed by atoms with E-state index in [0.29, 0.717) is 17.2 Å². The van der Waals surface area contributed by atoms with Crippen LogP contribution < -0.4 is 5.32 Å². The summed E-state index contributed by atoms with van der Waals surface area (Å²) in [6.07, 6.45) is 4.78. The first kappa shape index (κ1) is 12.5. The highest BCUT2D eigenvalue weighted by molar-refractivity contribution is 6.32. The lowest BCUT2D eigenvalue weighted by molar-refractivity contribution is -0.115. The van der Waals surface area contributed by atoms with Gasteiger partial charge in [0.1, 0.15) is 22.6 Å². The van der Waals surface area contributed by atoms with Gasteiger partial charge in [0.2, 0.25) is 5.91 Å². The van der Waals surface area contributed by atoms with Gasteiger partial charge in [-0.05, 0) is 6.92 Å². The Bertz CT molecular complexity index is 552. The Labute approximate surface area is 109 Å². The third-order valence-corrected chi connectivity index (χ3v) is 2.52. The summed E-state index contributed by atoms with van der Waals surface area (Å²) in [7, 11) is 1.73. The number of nitrogens with one attached hydrogen (secondary N) is 1. The first-order valence-electron chi connectivity index (χ1n) is 5.33. The van der Waals surface area contributed by atoms with E-state index in [1.54, 1.807) is 43.3 Å². The second kappa shape index (κ2) is 5.14. The van der Waals surface area contributed by atoms with E-state index in [2.05, 4.69) is 20.4 Å². The highest BCUT2D eigenvalue weighted by atomic mass is 35.5. The first-order valence-corrected chi connectivity index (χ1v) is 5.77. The fourth-order valence-electron chi connectivity index (χ4n) is 1.37. The average molecular weight is 266 g/mol. The van der Waals surface area contributed by atoms with Crippen LogP contribution in [-0.2, 0) is 11.8 Å². The zero-order chi connectivity index (χ0) is 13.1. The standard InChI is InChI=1S/C11H12ClN5O/c1-7(12)11(18)15-10-5-8(16-17(10)2)9-6-13-3-4-14-9/h3-7H,1-2H3,(H,15,18). The molecule has 2 aromatic heterocycles. The van der Waals surface area contributed by atoms with Gasteiger partial charge in [0.15, 0.2) is 0 Å². The molecule has 0 saturated heterocycles. The number of carbonyl (C=O) groups is 1. The third kappa shape index (κ3) is 2.65. The van der Waals surface area contributed by atoms with Crippen LogP contribution in [0, 0.1) is 0 Å². The topological polar surface area (TPSA) is 72.7 Å². The Hall–Kier alpha value is -1.95. The number of alkyl halides is 1. The lowest BCUT2D eigenvalue weighted by atomic mass is 10.3. The molecule has 7 heteroatoms. The van der Waals surface area contributed by atoms with Crippen LogP contribution in [0.4, 0.5) is 5.82 Å². The number of rotatable bonds is 3. The Morgan fingerprint density at radius 3 is 2.83 bits per heavy atom. The van der Waals surface area contributed by atoms with Gasteiger partial charge in [-0.25, -0.2) is 0 Å². The minimum absolute atomic E-state index is 0.273. The van der Waals surface area contributed by atoms with Gasteiger partial charge < -0.3 is 5.32 Å². The number of hydrogen-bond acceptors (Lipinski definition) is 4. The van der Waals surface area contributed by atoms with Crippen molar-refractivity contribution in [2.24, 2.45) is 7.05 Å². The van der Waals surface area contributed by atoms with Gasteiger partial charge in [-0.3, -0.25) is 19.4 Å². The average Bonchev–Trinajstić information content (AvgIpc) is 2.72. The van der Waals surface area contributed by atoms with Crippen molar-refractivity contribution in [1.29, 1.82) is 0 Å². The van der Waals surface area contributed by atoms with Gasteiger partial charge in [-0.2, -0.15) is 5.10 Å². The van der Waals surface area contributed by atoms with E-state index < -0.39 is 5.38 Å². The molecular weight excluding hydrogens is 254 g/mol. The number of amides is 1. The molecule has 0 aliphatic rings. The first-order chi connectivity index (χ1) is 8.58. The summed E-state index contributed by atoms with van der Waals surface area (Å²) in [6, 6.07) is 1.72. The number of anilines is 1. The van der Waals surface area contributed by atoms with E-state index >= 15 is 0 Å². The molecule has 0 aliphatic heterocycles. The summed E-state index contributed by atoms with van der Waals surface area (Å²) in [6.45, 7) is 1.61. The van der Waals surface area contributed by atoms with Crippen molar-refractivity contribution < 1.29 is 4.79 Å². The van der Waals surface area contributed by atoms with Crippen LogP contribution in [0.1, 0.15) is 6.92 Å². The van der Waals surface area contributed by atoms with Crippen molar-refractivity contribution in [2.75, 3.05) is 5.32 Å². The van der Waals surface area contributed by atoms with Crippen LogP contribution in [0.3, 0.4) is 0 Å². The lowest BCUT2D eigenvalue weighted by Gasteiger charge is -2.05. The van der Waals surface area contributed by atoms with E-state index in [-0.39, 0.29) is 5.91 Å². The maximum Gasteiger partial charge on any atom is 0.243 e. The molecule has 2 aromatic rings. The molecule has 0 fully saturated rings. The van der Waals surface area contributed by atoms with Crippen LogP contribution in [0.15, 0.2) is 24.7 Å². The molecule has 1 atom stereocenters. The maximum atomic E-state index is 11.5. The van der Waals surface area contributed by atoms with E-state index in [1.807, 2.05) is 0 Å². The summed E-state index contributed by atoms with van der Waals surface area (Å²) in [5.74, 6) is 0.290. The SMILES string of the molecule is CC(Cl)C(=O)Nc1cc(-c2cnccn2)nn1C. The summed E-state index contributed by atoms with van der Waals surface area (Å²) in [5, 5.41) is 6.33. The molecule has 1 N–H and O–H groups in total. The molecule has 6 nitrogen and oxygen atoms in total. The minimum atomic E-state index is -0.597. The number of carbonyl (C=O) groups excluding carboxylic acids is 1. The maximum absolute atomic E-state index is 11.5. The van der Waals surface area contributed by atoms with Crippen molar-refractivity contribution in [3.05, 3.63) is 24.7 Å². The smallest absolute Gasteiger partial charge is 0.243 e. The summed E-state index contributed by atoms with van der Waals surface area (Å²) in [5.41, 5.74) is 1.29. The molecule has 0 bridgehead atoms. The van der Waals surface area contributed by atoms with Crippen LogP contribution in [0.5, 0.6) is 0 Å². The normalized spacial score (nSPS) is 12.2. The van der Waals surface area contributed by atoms with Crippen LogP contribution in [0.25, 0.3) is 11.4 Å². The van der Waals surface area contributed by atoms with Crippen LogP contribution in [0.2, 0.25) is 0 Å².